The van der Waals surface area contributed by atoms with Crippen LogP contribution in [-0.4, -0.2) is 116 Å². The maximum absolute atomic E-state index is 13.0. The number of nitrogens with zero attached hydrogens (tertiary/aromatic N) is 8. The number of hydrogen-bond acceptors (Lipinski definition) is 6. The topological polar surface area (TPSA) is 82.7 Å². The second-order valence-corrected chi connectivity index (χ2v) is 15.1. The predicted octanol–water partition coefficient (Wildman–Crippen LogP) is 7.00. The maximum atomic E-state index is 13.0. The van der Waals surface area contributed by atoms with E-state index in [-0.39, 0.29) is 17.9 Å². The molecule has 54 heavy (non-hydrogen) atoms. The number of likely N-dealkylation sites (N-methyl/N-ethyl adjacent to an activating group) is 3. The Labute approximate surface area is 318 Å². The lowest BCUT2D eigenvalue weighted by atomic mass is 10.1. The Morgan fingerprint density at radius 3 is 1.46 bits per heavy atom. The fourth-order valence-electron chi connectivity index (χ4n) is 7.97. The summed E-state index contributed by atoms with van der Waals surface area (Å²) in [6, 6.07) is 33.1. The minimum Gasteiger partial charge on any atom is -0.337 e. The lowest BCUT2D eigenvalue weighted by Gasteiger charge is -2.26. The molecule has 0 spiro atoms. The second kappa shape index (κ2) is 15.6. The molecule has 0 aliphatic carbocycles. The summed E-state index contributed by atoms with van der Waals surface area (Å²) in [7, 11) is 5.94. The molecule has 6 aromatic rings. The van der Waals surface area contributed by atoms with E-state index in [1.165, 1.54) is 0 Å². The van der Waals surface area contributed by atoms with Gasteiger partial charge in [-0.25, -0.2) is 9.97 Å². The maximum Gasteiger partial charge on any atom is 0.253 e. The van der Waals surface area contributed by atoms with Crippen molar-refractivity contribution in [1.29, 1.82) is 0 Å². The van der Waals surface area contributed by atoms with Crippen molar-refractivity contribution in [2.75, 3.05) is 47.3 Å². The summed E-state index contributed by atoms with van der Waals surface area (Å²) in [5.74, 6) is 2.06. The molecular formula is C44H52N8O2. The summed E-state index contributed by atoms with van der Waals surface area (Å²) in [5.41, 5.74) is 7.63. The molecule has 0 unspecified atom stereocenters. The number of rotatable bonds is 7. The molecule has 2 amide bonds. The van der Waals surface area contributed by atoms with Crippen molar-refractivity contribution in [1.82, 2.24) is 38.7 Å². The molecule has 0 bridgehead atoms. The summed E-state index contributed by atoms with van der Waals surface area (Å²) >= 11 is 0. The Morgan fingerprint density at radius 2 is 1.06 bits per heavy atom. The highest BCUT2D eigenvalue weighted by Crippen LogP contribution is 2.25. The molecule has 4 aromatic carbocycles. The molecule has 0 radical (unpaired) electrons. The van der Waals surface area contributed by atoms with Crippen molar-refractivity contribution in [2.45, 2.75) is 58.7 Å². The van der Waals surface area contributed by atoms with Gasteiger partial charge in [0.25, 0.3) is 11.8 Å². The molecule has 0 N–H and O–H groups in total. The fourth-order valence-corrected chi connectivity index (χ4v) is 7.97. The highest BCUT2D eigenvalue weighted by Gasteiger charge is 2.30. The minimum atomic E-state index is 0.0871. The zero-order chi connectivity index (χ0) is 38.1. The van der Waals surface area contributed by atoms with E-state index in [1.54, 1.807) is 0 Å². The van der Waals surface area contributed by atoms with Crippen LogP contribution in [0.25, 0.3) is 33.4 Å². The average molecular weight is 725 g/mol. The standard InChI is InChI=1S/C23H28N4O.C21H24N4O/c1-16(2)26-14-13-20(15-26)25(4)23(28)18-9-11-19(12-10-18)27-17(3)24-21-7-5-6-8-22(21)27;1-15-22-19-6-4-5-7-20(19)25(15)17-10-8-16(9-11-17)21(26)24(3)18-12-13-23(2)14-18/h5-12,16,20H,13-15H2,1-4H3;4-11,18H,12-14H2,1-3H3/t20-;18-/m11/s1. The van der Waals surface area contributed by atoms with Gasteiger partial charge in [0.15, 0.2) is 0 Å². The molecule has 2 atom stereocenters. The Bertz CT molecular complexity index is 2250. The number of imidazole rings is 2. The van der Waals surface area contributed by atoms with Gasteiger partial charge < -0.3 is 14.7 Å². The summed E-state index contributed by atoms with van der Waals surface area (Å²) in [6.07, 6.45) is 2.08. The zero-order valence-corrected chi connectivity index (χ0v) is 32.6. The highest BCUT2D eigenvalue weighted by atomic mass is 16.2. The van der Waals surface area contributed by atoms with Crippen molar-refractivity contribution in [3.05, 3.63) is 120 Å². The third kappa shape index (κ3) is 7.41. The molecule has 10 nitrogen and oxygen atoms in total. The van der Waals surface area contributed by atoms with E-state index in [9.17, 15) is 9.59 Å². The third-order valence-corrected chi connectivity index (χ3v) is 11.2. The van der Waals surface area contributed by atoms with E-state index >= 15 is 0 Å². The molecule has 2 aliphatic heterocycles. The van der Waals surface area contributed by atoms with Gasteiger partial charge >= 0.3 is 0 Å². The van der Waals surface area contributed by atoms with Gasteiger partial charge in [-0.2, -0.15) is 0 Å². The van der Waals surface area contributed by atoms with E-state index in [0.717, 1.165) is 95.2 Å². The molecule has 2 aromatic heterocycles. The summed E-state index contributed by atoms with van der Waals surface area (Å²) in [4.78, 5) is 43.5. The molecule has 8 rings (SSSR count). The van der Waals surface area contributed by atoms with Crippen molar-refractivity contribution in [3.63, 3.8) is 0 Å². The van der Waals surface area contributed by atoms with E-state index in [1.807, 2.05) is 123 Å². The number of hydrogen-bond donors (Lipinski definition) is 0. The largest absolute Gasteiger partial charge is 0.337 e. The van der Waals surface area contributed by atoms with Crippen molar-refractivity contribution in [2.24, 2.45) is 0 Å². The lowest BCUT2D eigenvalue weighted by Crippen LogP contribution is -2.40. The van der Waals surface area contributed by atoms with Crippen LogP contribution in [0.15, 0.2) is 97.1 Å². The molecule has 2 aliphatic rings. The number of likely N-dealkylation sites (tertiary alicyclic amines) is 2. The van der Waals surface area contributed by atoms with Gasteiger partial charge in [-0.1, -0.05) is 24.3 Å². The van der Waals surface area contributed by atoms with Gasteiger partial charge in [0.1, 0.15) is 11.6 Å². The molecule has 2 fully saturated rings. The molecule has 280 valence electrons. The van der Waals surface area contributed by atoms with Crippen LogP contribution in [0.3, 0.4) is 0 Å². The van der Waals surface area contributed by atoms with Crippen molar-refractivity contribution in [3.8, 4) is 11.4 Å². The number of aryl methyl sites for hydroxylation is 2. The Hall–Kier alpha value is -5.32. The average Bonchev–Trinajstić information content (AvgIpc) is 3.99. The lowest BCUT2D eigenvalue weighted by molar-refractivity contribution is 0.0727. The van der Waals surface area contributed by atoms with Gasteiger partial charge in [0, 0.05) is 74.4 Å². The quantitative estimate of drug-likeness (QED) is 0.177. The highest BCUT2D eigenvalue weighted by molar-refractivity contribution is 5.95. The molecule has 2 saturated heterocycles. The number of benzene rings is 4. The number of fused-ring (bicyclic) bond motifs is 2. The molecular weight excluding hydrogens is 673 g/mol. The first kappa shape index (κ1) is 37.0. The smallest absolute Gasteiger partial charge is 0.253 e. The second-order valence-electron chi connectivity index (χ2n) is 15.1. The first-order valence-corrected chi connectivity index (χ1v) is 19.1. The van der Waals surface area contributed by atoms with E-state index in [4.69, 9.17) is 0 Å². The van der Waals surface area contributed by atoms with Crippen LogP contribution in [0.1, 0.15) is 59.1 Å². The van der Waals surface area contributed by atoms with E-state index in [0.29, 0.717) is 12.1 Å². The predicted molar refractivity (Wildman–Crippen MR) is 217 cm³/mol. The fraction of sp³-hybridized carbons (Fsp3) is 0.364. The Morgan fingerprint density at radius 1 is 0.630 bits per heavy atom. The summed E-state index contributed by atoms with van der Waals surface area (Å²) in [5, 5.41) is 0. The van der Waals surface area contributed by atoms with Gasteiger partial charge in [-0.05, 0) is 127 Å². The monoisotopic (exact) mass is 724 g/mol. The number of para-hydroxylation sites is 4. The van der Waals surface area contributed by atoms with Crippen LogP contribution >= 0.6 is 0 Å². The number of aromatic nitrogens is 4. The zero-order valence-electron chi connectivity index (χ0n) is 32.6. The van der Waals surface area contributed by atoms with Crippen molar-refractivity contribution < 1.29 is 9.59 Å². The first-order chi connectivity index (χ1) is 26.0. The van der Waals surface area contributed by atoms with Gasteiger partial charge in [-0.15, -0.1) is 0 Å². The molecule has 10 heteroatoms. The summed E-state index contributed by atoms with van der Waals surface area (Å²) in [6.45, 7) is 12.4. The minimum absolute atomic E-state index is 0.0871. The van der Waals surface area contributed by atoms with Gasteiger partial charge in [-0.3, -0.25) is 23.6 Å². The third-order valence-electron chi connectivity index (χ3n) is 11.2. The Balaban J connectivity index is 0.000000167. The van der Waals surface area contributed by atoms with Crippen LogP contribution in [0.5, 0.6) is 0 Å². The van der Waals surface area contributed by atoms with Crippen LogP contribution in [-0.2, 0) is 0 Å². The van der Waals surface area contributed by atoms with Crippen LogP contribution in [0.2, 0.25) is 0 Å². The van der Waals surface area contributed by atoms with E-state index in [2.05, 4.69) is 61.9 Å². The SMILES string of the molecule is Cc1nc2ccccc2n1-c1ccc(C(=O)N(C)[C@@H]2CCN(C(C)C)C2)cc1.Cc1nc2ccccc2n1-c1ccc(C(=O)N(C)[C@@H]2CCN(C)C2)cc1. The summed E-state index contributed by atoms with van der Waals surface area (Å²) < 4.78 is 4.25. The van der Waals surface area contributed by atoms with Crippen LogP contribution in [0, 0.1) is 13.8 Å². The normalized spacial score (nSPS) is 17.6. The van der Waals surface area contributed by atoms with E-state index < -0.39 is 0 Å². The van der Waals surface area contributed by atoms with Crippen LogP contribution in [0.4, 0.5) is 0 Å². The number of carbonyl (C=O) groups excluding carboxylic acids is 2. The molecule has 0 saturated carbocycles. The van der Waals surface area contributed by atoms with Gasteiger partial charge in [0.2, 0.25) is 0 Å². The Kier molecular flexibility index (Phi) is 10.7. The molecule has 4 heterocycles. The number of amides is 2. The van der Waals surface area contributed by atoms with Crippen molar-refractivity contribution >= 4 is 33.9 Å². The van der Waals surface area contributed by atoms with Crippen LogP contribution < -0.4 is 0 Å². The first-order valence-electron chi connectivity index (χ1n) is 19.1. The number of carbonyl (C=O) groups is 2. The van der Waals surface area contributed by atoms with Gasteiger partial charge in [0.05, 0.1) is 22.1 Å².